The van der Waals surface area contributed by atoms with Crippen LogP contribution in [0.1, 0.15) is 69.4 Å². The second-order valence-corrected chi connectivity index (χ2v) is 37.2. The van der Waals surface area contributed by atoms with Crippen molar-refractivity contribution in [2.24, 2.45) is 0 Å². The van der Waals surface area contributed by atoms with Crippen molar-refractivity contribution < 1.29 is 0 Å². The largest absolute Gasteiger partial charge is 0.342 e. The molecule has 4 nitrogen and oxygen atoms in total. The van der Waals surface area contributed by atoms with Crippen LogP contribution in [-0.4, -0.2) is 24.4 Å². The number of hydrogen-bond acceptors (Lipinski definition) is 3. The minimum atomic E-state index is -0.230. The summed E-state index contributed by atoms with van der Waals surface area (Å²) in [6, 6.07) is 159. The molecule has 0 unspecified atom stereocenters. The molecular weight excluding hydrogens is 1540 g/mol. The predicted octanol–water partition coefficient (Wildman–Crippen LogP) is 30.3. The SMILES string of the molecule is CC(C)(C)c1cc(-c2ccccc2)c(CCN2c3ccc(-c4ccc5c6cccc7cccc(c8cccc4c85)c76)cc3B3c4ccc(-n5c6ccccc6c6ccccc65)cc4N(CCc4c(-c5ccccc5)cc(C(C)(C)C)cc4-c4ccccc4)c4cc(CN(c5ccc(-c6ccccc6)cc5)c5ccc(-c6ccccc6)cc5)cc2c43)c(-c2ccccc2)c1. The summed E-state index contributed by atoms with van der Waals surface area (Å²) in [6.07, 6.45) is 1.46. The Kier molecular flexibility index (Phi) is 19.2. The molecule has 128 heavy (non-hydrogen) atoms. The van der Waals surface area contributed by atoms with Crippen LogP contribution in [0, 0.1) is 0 Å². The van der Waals surface area contributed by atoms with Crippen molar-refractivity contribution in [1.29, 1.82) is 0 Å². The summed E-state index contributed by atoms with van der Waals surface area (Å²) in [5.41, 5.74) is 37.7. The number of nitrogens with zero attached hydrogens (tertiary/aromatic N) is 4. The quantitative estimate of drug-likeness (QED) is 0.0483. The lowest BCUT2D eigenvalue weighted by atomic mass is 9.33. The van der Waals surface area contributed by atoms with Crippen LogP contribution < -0.4 is 31.1 Å². The van der Waals surface area contributed by atoms with Crippen LogP contribution in [0.15, 0.2) is 419 Å². The van der Waals surface area contributed by atoms with E-state index in [4.69, 9.17) is 0 Å². The van der Waals surface area contributed by atoms with Crippen LogP contribution >= 0.6 is 0 Å². The van der Waals surface area contributed by atoms with Gasteiger partial charge in [0.2, 0.25) is 0 Å². The van der Waals surface area contributed by atoms with Gasteiger partial charge < -0.3 is 19.3 Å². The van der Waals surface area contributed by atoms with Gasteiger partial charge in [0.1, 0.15) is 0 Å². The maximum atomic E-state index is 2.80. The first-order valence-corrected chi connectivity index (χ1v) is 45.5. The monoisotopic (exact) mass is 1640 g/mol. The summed E-state index contributed by atoms with van der Waals surface area (Å²) < 4.78 is 2.53. The molecule has 0 atom stereocenters. The van der Waals surface area contributed by atoms with E-state index in [2.05, 4.69) is 479 Å². The molecule has 2 aliphatic heterocycles. The van der Waals surface area contributed by atoms with E-state index in [1.54, 1.807) is 0 Å². The van der Waals surface area contributed by atoms with Crippen molar-refractivity contribution in [2.75, 3.05) is 27.8 Å². The Bertz CT molecular complexity index is 7520. The fourth-order valence-corrected chi connectivity index (χ4v) is 21.3. The van der Waals surface area contributed by atoms with Crippen LogP contribution in [0.4, 0.5) is 34.1 Å². The molecule has 1 aromatic heterocycles. The third-order valence-electron chi connectivity index (χ3n) is 27.6. The van der Waals surface area contributed by atoms with Crippen molar-refractivity contribution in [3.63, 3.8) is 0 Å². The highest BCUT2D eigenvalue weighted by Crippen LogP contribution is 2.49. The van der Waals surface area contributed by atoms with Gasteiger partial charge in [0, 0.05) is 70.2 Å². The lowest BCUT2D eigenvalue weighted by molar-refractivity contribution is 0.590. The Hall–Kier alpha value is -15.0. The first-order valence-electron chi connectivity index (χ1n) is 45.5. The lowest BCUT2D eigenvalue weighted by Gasteiger charge is -2.45. The van der Waals surface area contributed by atoms with Crippen LogP contribution in [0.2, 0.25) is 0 Å². The van der Waals surface area contributed by atoms with Gasteiger partial charge in [0.15, 0.2) is 0 Å². The summed E-state index contributed by atoms with van der Waals surface area (Å²) in [4.78, 5) is 8.14. The Labute approximate surface area is 751 Å². The van der Waals surface area contributed by atoms with Gasteiger partial charge in [-0.15, -0.1) is 0 Å². The lowest BCUT2D eigenvalue weighted by Crippen LogP contribution is -2.62. The zero-order chi connectivity index (χ0) is 85.9. The number of rotatable bonds is 18. The highest BCUT2D eigenvalue weighted by molar-refractivity contribution is 7.00. The average Bonchev–Trinajstić information content (AvgIpc) is 0.912. The smallest absolute Gasteiger partial charge is 0.252 e. The molecular formula is C123H97BN4. The van der Waals surface area contributed by atoms with Crippen molar-refractivity contribution >= 4 is 122 Å². The fourth-order valence-electron chi connectivity index (χ4n) is 21.3. The van der Waals surface area contributed by atoms with E-state index in [0.29, 0.717) is 19.6 Å². The Balaban J connectivity index is 0.806. The standard InChI is InChI=1S/C123H97BN4/c1-122(2,3)92-75-107(86-36-17-9-18-37-86)98(108(76-92)87-38-19-10-20-39-87)68-70-125-115-67-58-91(97-64-65-106-104-49-30-45-90-44-29-48-103(119(90)104)105-51-31-50-102(97)120(105)106)74-112(115)124-111-66-63-96(128-113-52-27-25-46-100(113)101-47-26-28-53-114(101)128)79-116(111)126(71-69-99-109(88-40-21-11-22-41-88)77-93(123(4,5)6)78-110(99)89-42-23-12-24-43-89)118-73-81(72-117(125)121(118)124)80-127(94-59-54-84(55-60-94)82-32-13-7-14-33-82)95-61-56-85(57-62-95)83-34-15-8-16-35-83/h7-67,72-79H,68-71,80H2,1-6H3. The highest BCUT2D eigenvalue weighted by Gasteiger charge is 2.44. The summed E-state index contributed by atoms with van der Waals surface area (Å²) in [7, 11) is 0. The molecule has 0 spiro atoms. The van der Waals surface area contributed by atoms with Gasteiger partial charge in [-0.25, -0.2) is 0 Å². The van der Waals surface area contributed by atoms with Gasteiger partial charge in [-0.05, 0) is 256 Å². The van der Waals surface area contributed by atoms with Gasteiger partial charge in [-0.2, -0.15) is 0 Å². The van der Waals surface area contributed by atoms with E-state index in [0.717, 1.165) is 29.9 Å². The Morgan fingerprint density at radius 3 is 1.11 bits per heavy atom. The maximum Gasteiger partial charge on any atom is 0.252 e. The second kappa shape index (κ2) is 31.6. The van der Waals surface area contributed by atoms with Crippen molar-refractivity contribution in [3.05, 3.63) is 446 Å². The van der Waals surface area contributed by atoms with E-state index >= 15 is 0 Å². The zero-order valence-corrected chi connectivity index (χ0v) is 73.2. The third kappa shape index (κ3) is 13.6. The van der Waals surface area contributed by atoms with Crippen molar-refractivity contribution in [3.8, 4) is 83.6 Å². The number of aromatic nitrogens is 1. The number of para-hydroxylation sites is 2. The average molecular weight is 1640 g/mol. The first-order chi connectivity index (χ1) is 62.8. The molecule has 0 fully saturated rings. The molecule has 0 aliphatic carbocycles. The van der Waals surface area contributed by atoms with Crippen LogP contribution in [0.5, 0.6) is 0 Å². The van der Waals surface area contributed by atoms with Crippen LogP contribution in [0.25, 0.3) is 148 Å². The molecule has 5 heteroatoms. The molecule has 0 saturated carbocycles. The topological polar surface area (TPSA) is 14.7 Å². The third-order valence-corrected chi connectivity index (χ3v) is 27.6. The fraction of sp³-hybridized carbons (Fsp3) is 0.106. The molecule has 0 amide bonds. The highest BCUT2D eigenvalue weighted by atomic mass is 15.2. The van der Waals surface area contributed by atoms with E-state index in [9.17, 15) is 0 Å². The van der Waals surface area contributed by atoms with E-state index in [1.807, 2.05) is 0 Å². The Morgan fingerprint density at radius 1 is 0.266 bits per heavy atom. The summed E-state index contributed by atoms with van der Waals surface area (Å²) in [5.74, 6) is 0. The molecule has 0 bridgehead atoms. The minimum absolute atomic E-state index is 0.136. The van der Waals surface area contributed by atoms with Crippen LogP contribution in [0.3, 0.4) is 0 Å². The maximum absolute atomic E-state index is 2.80. The van der Waals surface area contributed by atoms with Gasteiger partial charge in [0.25, 0.3) is 6.71 Å². The van der Waals surface area contributed by atoms with Crippen molar-refractivity contribution in [1.82, 2.24) is 4.57 Å². The molecule has 20 aromatic carbocycles. The van der Waals surface area contributed by atoms with Gasteiger partial charge in [-0.3, -0.25) is 0 Å². The van der Waals surface area contributed by atoms with E-state index < -0.39 is 0 Å². The summed E-state index contributed by atoms with van der Waals surface area (Å²) in [6.45, 7) is 15.8. The molecule has 3 heterocycles. The predicted molar refractivity (Wildman–Crippen MR) is 548 cm³/mol. The van der Waals surface area contributed by atoms with E-state index in [-0.39, 0.29) is 17.5 Å². The van der Waals surface area contributed by atoms with Crippen LogP contribution in [-0.2, 0) is 30.2 Å². The molecule has 2 aliphatic rings. The van der Waals surface area contributed by atoms with Gasteiger partial charge in [0.05, 0.1) is 11.0 Å². The molecule has 23 rings (SSSR count). The van der Waals surface area contributed by atoms with Gasteiger partial charge in [-0.1, -0.05) is 393 Å². The summed E-state index contributed by atoms with van der Waals surface area (Å²) >= 11 is 0. The summed E-state index contributed by atoms with van der Waals surface area (Å²) in [5, 5.41) is 12.8. The normalized spacial score (nSPS) is 12.6. The number of hydrogen-bond donors (Lipinski definition) is 0. The number of anilines is 6. The van der Waals surface area contributed by atoms with Crippen molar-refractivity contribution in [2.45, 2.75) is 71.8 Å². The van der Waals surface area contributed by atoms with E-state index in [1.165, 1.54) is 210 Å². The first kappa shape index (κ1) is 77.7. The molecule has 21 aromatic rings. The number of benzene rings is 20. The molecule has 0 N–H and O–H groups in total. The van der Waals surface area contributed by atoms with Gasteiger partial charge >= 0.3 is 0 Å². The Morgan fingerprint density at radius 2 is 0.648 bits per heavy atom. The minimum Gasteiger partial charge on any atom is -0.342 e. The molecule has 0 radical (unpaired) electrons. The zero-order valence-electron chi connectivity index (χ0n) is 73.2. The number of fused-ring (bicyclic) bond motifs is 9. The molecule has 0 saturated heterocycles. The molecule has 612 valence electrons. The second-order valence-electron chi connectivity index (χ2n) is 37.2.